The molecule has 0 saturated carbocycles. The molecule has 4 nitrogen and oxygen atoms in total. The largest absolute Gasteiger partial charge is 0.271 e. The molecule has 0 aliphatic rings. The van der Waals surface area contributed by atoms with Crippen molar-refractivity contribution in [3.05, 3.63) is 45.4 Å². The van der Waals surface area contributed by atoms with E-state index in [9.17, 15) is 0 Å². The van der Waals surface area contributed by atoms with Crippen molar-refractivity contribution >= 4 is 11.3 Å². The van der Waals surface area contributed by atoms with Gasteiger partial charge in [-0.15, -0.1) is 0 Å². The van der Waals surface area contributed by atoms with Gasteiger partial charge in [-0.2, -0.15) is 21.5 Å². The van der Waals surface area contributed by atoms with E-state index in [1.54, 1.807) is 11.3 Å². The molecule has 0 aliphatic heterocycles. The van der Waals surface area contributed by atoms with E-state index in [1.807, 2.05) is 18.4 Å². The Labute approximate surface area is 105 Å². The molecule has 0 aliphatic carbocycles. The number of rotatable bonds is 4. The summed E-state index contributed by atoms with van der Waals surface area (Å²) >= 11 is 1.66. The number of hydrogen-bond donors (Lipinski definition) is 2. The Balaban J connectivity index is 2.46. The molecule has 2 aromatic rings. The fourth-order valence-electron chi connectivity index (χ4n) is 1.86. The van der Waals surface area contributed by atoms with Crippen molar-refractivity contribution in [1.29, 1.82) is 0 Å². The zero-order chi connectivity index (χ0) is 12.3. The molecule has 2 rings (SSSR count). The first-order valence-corrected chi connectivity index (χ1v) is 6.51. The molecule has 0 saturated heterocycles. The van der Waals surface area contributed by atoms with Crippen LogP contribution in [0.15, 0.2) is 22.9 Å². The minimum absolute atomic E-state index is 0.00889. The topological polar surface area (TPSA) is 63.8 Å². The lowest BCUT2D eigenvalue weighted by molar-refractivity contribution is 0.623. The highest BCUT2D eigenvalue weighted by Gasteiger charge is 2.17. The molecule has 3 N–H and O–H groups in total. The van der Waals surface area contributed by atoms with Crippen LogP contribution in [0.1, 0.15) is 35.5 Å². The maximum atomic E-state index is 5.68. The third-order valence-electron chi connectivity index (χ3n) is 2.72. The molecule has 90 valence electrons. The van der Waals surface area contributed by atoms with Crippen LogP contribution in [0.4, 0.5) is 0 Å². The summed E-state index contributed by atoms with van der Waals surface area (Å²) in [5, 5.41) is 12.5. The maximum absolute atomic E-state index is 5.68. The van der Waals surface area contributed by atoms with Gasteiger partial charge < -0.3 is 0 Å². The van der Waals surface area contributed by atoms with Crippen LogP contribution < -0.4 is 11.3 Å². The number of nitrogens with two attached hydrogens (primary N) is 1. The van der Waals surface area contributed by atoms with Crippen molar-refractivity contribution in [1.82, 2.24) is 15.6 Å². The predicted molar refractivity (Wildman–Crippen MR) is 69.6 cm³/mol. The normalized spacial score (nSPS) is 12.6. The summed E-state index contributed by atoms with van der Waals surface area (Å²) in [6.07, 6.45) is 0.852. The fourth-order valence-corrected chi connectivity index (χ4v) is 2.55. The lowest BCUT2D eigenvalue weighted by Crippen LogP contribution is -2.29. The first kappa shape index (κ1) is 12.2. The Morgan fingerprint density at radius 3 is 2.88 bits per heavy atom. The molecule has 2 aromatic heterocycles. The zero-order valence-electron chi connectivity index (χ0n) is 9.97. The van der Waals surface area contributed by atoms with Crippen molar-refractivity contribution in [2.45, 2.75) is 26.3 Å². The lowest BCUT2D eigenvalue weighted by Gasteiger charge is -2.17. The molecule has 0 amide bonds. The van der Waals surface area contributed by atoms with E-state index in [4.69, 9.17) is 5.84 Å². The van der Waals surface area contributed by atoms with E-state index in [0.717, 1.165) is 23.4 Å². The minimum atomic E-state index is -0.00889. The van der Waals surface area contributed by atoms with Crippen molar-refractivity contribution in [3.8, 4) is 0 Å². The molecule has 0 fully saturated rings. The molecule has 0 radical (unpaired) electrons. The SMILES string of the molecule is CCc1nnc(C)cc1C(NN)c1ccsc1. The van der Waals surface area contributed by atoms with Gasteiger partial charge in [-0.25, -0.2) is 5.43 Å². The van der Waals surface area contributed by atoms with Crippen molar-refractivity contribution in [3.63, 3.8) is 0 Å². The Kier molecular flexibility index (Phi) is 3.83. The first-order valence-electron chi connectivity index (χ1n) is 5.57. The Morgan fingerprint density at radius 2 is 2.29 bits per heavy atom. The van der Waals surface area contributed by atoms with Gasteiger partial charge in [0.15, 0.2) is 0 Å². The second-order valence-corrected chi connectivity index (χ2v) is 4.68. The number of aryl methyl sites for hydroxylation is 2. The third kappa shape index (κ3) is 2.52. The quantitative estimate of drug-likeness (QED) is 0.641. The second-order valence-electron chi connectivity index (χ2n) is 3.90. The standard InChI is InChI=1S/C12H16N4S/c1-3-11-10(6-8(2)15-16-11)12(14-13)9-4-5-17-7-9/h4-7,12,14H,3,13H2,1-2H3. The Morgan fingerprint density at radius 1 is 1.47 bits per heavy atom. The van der Waals surface area contributed by atoms with Gasteiger partial charge in [0, 0.05) is 5.56 Å². The van der Waals surface area contributed by atoms with Gasteiger partial charge in [-0.1, -0.05) is 6.92 Å². The molecule has 2 heterocycles. The predicted octanol–water partition coefficient (Wildman–Crippen LogP) is 1.96. The number of aromatic nitrogens is 2. The molecule has 0 aromatic carbocycles. The van der Waals surface area contributed by atoms with Gasteiger partial charge in [0.25, 0.3) is 0 Å². The van der Waals surface area contributed by atoms with E-state index in [2.05, 4.69) is 34.0 Å². The summed E-state index contributed by atoms with van der Waals surface area (Å²) in [6, 6.07) is 4.11. The Bertz CT molecular complexity index is 481. The zero-order valence-corrected chi connectivity index (χ0v) is 10.8. The molecular formula is C12H16N4S. The van der Waals surface area contributed by atoms with Gasteiger partial charge in [0.1, 0.15) is 0 Å². The molecule has 0 spiro atoms. The van der Waals surface area contributed by atoms with Gasteiger partial charge in [0.2, 0.25) is 0 Å². The average Bonchev–Trinajstić information content (AvgIpc) is 2.84. The van der Waals surface area contributed by atoms with Crippen LogP contribution in [0.2, 0.25) is 0 Å². The van der Waals surface area contributed by atoms with E-state index in [-0.39, 0.29) is 6.04 Å². The summed E-state index contributed by atoms with van der Waals surface area (Å²) < 4.78 is 0. The number of nitrogens with zero attached hydrogens (tertiary/aromatic N) is 2. The summed E-state index contributed by atoms with van der Waals surface area (Å²) in [7, 11) is 0. The summed E-state index contributed by atoms with van der Waals surface area (Å²) in [5.74, 6) is 5.68. The highest BCUT2D eigenvalue weighted by Crippen LogP contribution is 2.25. The number of hydrogen-bond acceptors (Lipinski definition) is 5. The van der Waals surface area contributed by atoms with Crippen LogP contribution >= 0.6 is 11.3 Å². The summed E-state index contributed by atoms with van der Waals surface area (Å²) in [6.45, 7) is 4.02. The van der Waals surface area contributed by atoms with Gasteiger partial charge in [0.05, 0.1) is 17.4 Å². The summed E-state index contributed by atoms with van der Waals surface area (Å²) in [4.78, 5) is 0. The van der Waals surface area contributed by atoms with E-state index in [0.29, 0.717) is 0 Å². The van der Waals surface area contributed by atoms with Crippen molar-refractivity contribution < 1.29 is 0 Å². The van der Waals surface area contributed by atoms with Crippen LogP contribution in [-0.2, 0) is 6.42 Å². The number of thiophene rings is 1. The highest BCUT2D eigenvalue weighted by molar-refractivity contribution is 7.08. The number of hydrazine groups is 1. The van der Waals surface area contributed by atoms with Gasteiger partial charge in [-0.3, -0.25) is 5.84 Å². The van der Waals surface area contributed by atoms with Gasteiger partial charge in [-0.05, 0) is 41.8 Å². The molecule has 5 heteroatoms. The summed E-state index contributed by atoms with van der Waals surface area (Å²) in [5.41, 5.74) is 7.04. The molecule has 1 atom stereocenters. The second kappa shape index (κ2) is 5.35. The van der Waals surface area contributed by atoms with E-state index in [1.165, 1.54) is 5.56 Å². The van der Waals surface area contributed by atoms with Crippen molar-refractivity contribution in [2.75, 3.05) is 0 Å². The van der Waals surface area contributed by atoms with E-state index >= 15 is 0 Å². The molecule has 17 heavy (non-hydrogen) atoms. The van der Waals surface area contributed by atoms with Crippen molar-refractivity contribution in [2.24, 2.45) is 5.84 Å². The Hall–Kier alpha value is -1.30. The first-order chi connectivity index (χ1) is 8.26. The van der Waals surface area contributed by atoms with Crippen LogP contribution in [0.25, 0.3) is 0 Å². The lowest BCUT2D eigenvalue weighted by atomic mass is 9.99. The molecule has 0 bridgehead atoms. The number of nitrogens with one attached hydrogen (secondary N) is 1. The van der Waals surface area contributed by atoms with Crippen LogP contribution in [-0.4, -0.2) is 10.2 Å². The smallest absolute Gasteiger partial charge is 0.0737 e. The van der Waals surface area contributed by atoms with Gasteiger partial charge >= 0.3 is 0 Å². The monoisotopic (exact) mass is 248 g/mol. The average molecular weight is 248 g/mol. The maximum Gasteiger partial charge on any atom is 0.0737 e. The van der Waals surface area contributed by atoms with Crippen LogP contribution in [0, 0.1) is 6.92 Å². The van der Waals surface area contributed by atoms with Crippen LogP contribution in [0.3, 0.4) is 0 Å². The molecular weight excluding hydrogens is 232 g/mol. The van der Waals surface area contributed by atoms with Crippen LogP contribution in [0.5, 0.6) is 0 Å². The minimum Gasteiger partial charge on any atom is -0.271 e. The fraction of sp³-hybridized carbons (Fsp3) is 0.333. The molecule has 1 unspecified atom stereocenters. The van der Waals surface area contributed by atoms with E-state index < -0.39 is 0 Å². The highest BCUT2D eigenvalue weighted by atomic mass is 32.1. The third-order valence-corrected chi connectivity index (χ3v) is 3.42.